The molecule has 0 bridgehead atoms. The number of hydrazine groups is 1. The highest BCUT2D eigenvalue weighted by Crippen LogP contribution is 2.29. The fourth-order valence-electron chi connectivity index (χ4n) is 4.00. The third-order valence-corrected chi connectivity index (χ3v) is 6.51. The molecule has 1 fully saturated rings. The lowest BCUT2D eigenvalue weighted by Gasteiger charge is -2.34. The van der Waals surface area contributed by atoms with Crippen molar-refractivity contribution in [3.8, 4) is 5.88 Å². The van der Waals surface area contributed by atoms with Crippen LogP contribution in [0.1, 0.15) is 4.88 Å². The Hall–Kier alpha value is -3.30. The van der Waals surface area contributed by atoms with E-state index in [0.717, 1.165) is 59.5 Å². The Morgan fingerprint density at radius 3 is 2.42 bits per heavy atom. The number of H-pyrrole nitrogens is 1. The van der Waals surface area contributed by atoms with Gasteiger partial charge in [-0.05, 0) is 54.7 Å². The van der Waals surface area contributed by atoms with Crippen LogP contribution < -0.4 is 25.4 Å². The molecule has 1 aromatic heterocycles. The molecule has 2 aliphatic heterocycles. The number of hydrogen-bond donors (Lipinski definition) is 2. The number of aromatic amines is 1. The molecule has 160 valence electrons. The van der Waals surface area contributed by atoms with Gasteiger partial charge in [-0.1, -0.05) is 17.4 Å². The van der Waals surface area contributed by atoms with Gasteiger partial charge in [0.2, 0.25) is 5.88 Å². The van der Waals surface area contributed by atoms with Crippen LogP contribution in [-0.4, -0.2) is 60.4 Å². The van der Waals surface area contributed by atoms with Crippen LogP contribution in [0.25, 0.3) is 6.08 Å². The maximum atomic E-state index is 11.5. The summed E-state index contributed by atoms with van der Waals surface area (Å²) in [5.74, 6) is -0.103. The summed E-state index contributed by atoms with van der Waals surface area (Å²) in [6, 6.07) is 14.5. The highest BCUT2D eigenvalue weighted by Gasteiger charge is 2.22. The van der Waals surface area contributed by atoms with Crippen molar-refractivity contribution < 1.29 is 5.11 Å². The monoisotopic (exact) mass is 436 g/mol. The molecule has 0 saturated carbocycles. The summed E-state index contributed by atoms with van der Waals surface area (Å²) in [6.07, 6.45) is 1.80. The minimum Gasteiger partial charge on any atom is -0.493 e. The molecule has 9 heteroatoms. The molecule has 0 radical (unpaired) electrons. The van der Waals surface area contributed by atoms with Crippen molar-refractivity contribution in [3.05, 3.63) is 67.6 Å². The van der Waals surface area contributed by atoms with Crippen LogP contribution in [0.2, 0.25) is 0 Å². The van der Waals surface area contributed by atoms with Crippen LogP contribution in [0.5, 0.6) is 5.88 Å². The summed E-state index contributed by atoms with van der Waals surface area (Å²) in [5, 5.41) is 20.1. The van der Waals surface area contributed by atoms with Gasteiger partial charge >= 0.3 is 4.87 Å². The summed E-state index contributed by atoms with van der Waals surface area (Å²) < 4.78 is 0. The first kappa shape index (κ1) is 19.7. The fraction of sp³-hybridized carbons (Fsp3) is 0.273. The van der Waals surface area contributed by atoms with Gasteiger partial charge in [-0.25, -0.2) is 10.1 Å². The molecule has 0 aliphatic carbocycles. The Bertz CT molecular complexity index is 1270. The fourth-order valence-corrected chi connectivity index (χ4v) is 4.69. The largest absolute Gasteiger partial charge is 0.493 e. The van der Waals surface area contributed by atoms with Gasteiger partial charge in [0, 0.05) is 38.9 Å². The highest BCUT2D eigenvalue weighted by atomic mass is 32.1. The van der Waals surface area contributed by atoms with E-state index in [1.54, 1.807) is 6.08 Å². The Balaban J connectivity index is 1.46. The maximum Gasteiger partial charge on any atom is 0.307 e. The number of likely N-dealkylation sites (N-methyl/N-ethyl adjacent to an activating group) is 1. The van der Waals surface area contributed by atoms with E-state index < -0.39 is 0 Å². The standard InChI is InChI=1S/C22H24N6O2S/c1-25-9-11-27(12-10-25)16-4-6-17(7-5-16)28-19-13-15(3-8-18(19)24-26(28)2)14-20-21(29)23-22(30)31-20/h3-8,13-14,29H,9-12H2,1-2H3,(H,23,30). The SMILES string of the molecule is CN1CCN(c2ccc(N3c4cc(=Cc5sc(=O)[nH]c5O)ccc4=NN3C)cc2)CC1. The van der Waals surface area contributed by atoms with E-state index >= 15 is 0 Å². The average molecular weight is 437 g/mol. The van der Waals surface area contributed by atoms with Crippen LogP contribution in [0.4, 0.5) is 17.1 Å². The predicted molar refractivity (Wildman–Crippen MR) is 123 cm³/mol. The smallest absolute Gasteiger partial charge is 0.307 e. The lowest BCUT2D eigenvalue weighted by molar-refractivity contribution is 0.313. The Labute approximate surface area is 183 Å². The molecule has 31 heavy (non-hydrogen) atoms. The number of hydrogen-bond acceptors (Lipinski definition) is 8. The lowest BCUT2D eigenvalue weighted by Crippen LogP contribution is -2.44. The number of piperazine rings is 1. The van der Waals surface area contributed by atoms with Crippen molar-refractivity contribution in [1.29, 1.82) is 0 Å². The molecule has 0 spiro atoms. The van der Waals surface area contributed by atoms with Crippen LogP contribution in [0.3, 0.4) is 0 Å². The normalized spacial score (nSPS) is 17.2. The van der Waals surface area contributed by atoms with Crippen molar-refractivity contribution in [2.24, 2.45) is 5.10 Å². The van der Waals surface area contributed by atoms with E-state index in [2.05, 4.69) is 56.2 Å². The Kier molecular flexibility index (Phi) is 4.91. The number of anilines is 3. The van der Waals surface area contributed by atoms with Crippen LogP contribution in [0.15, 0.2) is 52.4 Å². The van der Waals surface area contributed by atoms with Gasteiger partial charge in [0.25, 0.3) is 0 Å². The van der Waals surface area contributed by atoms with E-state index in [9.17, 15) is 9.90 Å². The second-order valence-electron chi connectivity index (χ2n) is 7.83. The third-order valence-electron chi connectivity index (χ3n) is 5.69. The first-order chi connectivity index (χ1) is 15.0. The van der Waals surface area contributed by atoms with Gasteiger partial charge in [0.15, 0.2) is 0 Å². The van der Waals surface area contributed by atoms with E-state index in [1.807, 2.05) is 30.4 Å². The highest BCUT2D eigenvalue weighted by molar-refractivity contribution is 7.10. The van der Waals surface area contributed by atoms with E-state index in [0.29, 0.717) is 4.88 Å². The molecule has 0 amide bonds. The van der Waals surface area contributed by atoms with Gasteiger partial charge in [-0.3, -0.25) is 9.78 Å². The summed E-state index contributed by atoms with van der Waals surface area (Å²) in [7, 11) is 4.08. The van der Waals surface area contributed by atoms with Gasteiger partial charge < -0.3 is 14.9 Å². The molecule has 8 nitrogen and oxygen atoms in total. The van der Waals surface area contributed by atoms with Gasteiger partial charge in [-0.15, -0.1) is 0 Å². The third kappa shape index (κ3) is 3.77. The number of nitrogens with one attached hydrogen (secondary N) is 1. The second kappa shape index (κ2) is 7.75. The molecular weight excluding hydrogens is 412 g/mol. The van der Waals surface area contributed by atoms with Gasteiger partial charge in [0.1, 0.15) is 5.36 Å². The molecular formula is C22H24N6O2S. The molecule has 1 saturated heterocycles. The number of rotatable bonds is 3. The summed E-state index contributed by atoms with van der Waals surface area (Å²) in [6.45, 7) is 4.23. The zero-order chi connectivity index (χ0) is 21.5. The van der Waals surface area contributed by atoms with Crippen molar-refractivity contribution in [2.45, 2.75) is 0 Å². The van der Waals surface area contributed by atoms with Crippen LogP contribution >= 0.6 is 11.3 Å². The van der Waals surface area contributed by atoms with Crippen molar-refractivity contribution >= 4 is 34.5 Å². The number of nitrogens with zero attached hydrogens (tertiary/aromatic N) is 5. The van der Waals surface area contributed by atoms with E-state index in [-0.39, 0.29) is 10.8 Å². The van der Waals surface area contributed by atoms with Crippen molar-refractivity contribution in [1.82, 2.24) is 15.0 Å². The number of thiazole rings is 1. The quantitative estimate of drug-likeness (QED) is 0.644. The predicted octanol–water partition coefficient (Wildman–Crippen LogP) is 1.26. The lowest BCUT2D eigenvalue weighted by atomic mass is 10.2. The number of aromatic nitrogens is 1. The molecule has 0 atom stereocenters. The minimum absolute atomic E-state index is 0.103. The summed E-state index contributed by atoms with van der Waals surface area (Å²) >= 11 is 0.984. The summed E-state index contributed by atoms with van der Waals surface area (Å²) in [4.78, 5) is 18.9. The molecule has 0 unspecified atom stereocenters. The zero-order valence-corrected chi connectivity index (χ0v) is 18.3. The molecule has 2 aliphatic rings. The molecule has 2 aromatic carbocycles. The molecule has 3 heterocycles. The zero-order valence-electron chi connectivity index (χ0n) is 17.4. The Morgan fingerprint density at radius 2 is 1.74 bits per heavy atom. The van der Waals surface area contributed by atoms with Gasteiger partial charge in [-0.2, -0.15) is 5.10 Å². The van der Waals surface area contributed by atoms with Gasteiger partial charge in [0.05, 0.1) is 16.3 Å². The second-order valence-corrected chi connectivity index (χ2v) is 8.84. The van der Waals surface area contributed by atoms with Crippen LogP contribution in [-0.2, 0) is 0 Å². The van der Waals surface area contributed by atoms with Crippen LogP contribution in [0, 0.1) is 0 Å². The van der Waals surface area contributed by atoms with E-state index in [1.165, 1.54) is 5.69 Å². The average Bonchev–Trinajstić information content (AvgIpc) is 3.25. The minimum atomic E-state index is -0.276. The van der Waals surface area contributed by atoms with Crippen molar-refractivity contribution in [3.63, 3.8) is 0 Å². The van der Waals surface area contributed by atoms with Crippen molar-refractivity contribution in [2.75, 3.05) is 50.2 Å². The Morgan fingerprint density at radius 1 is 1.03 bits per heavy atom. The van der Waals surface area contributed by atoms with E-state index in [4.69, 9.17) is 0 Å². The number of fused-ring (bicyclic) bond motifs is 1. The molecule has 2 N–H and O–H groups in total. The molecule has 5 rings (SSSR count). The number of benzene rings is 2. The maximum absolute atomic E-state index is 11.5. The first-order valence-corrected chi connectivity index (χ1v) is 11.0. The number of aromatic hydroxyl groups is 1. The topological polar surface area (TPSA) is 78.4 Å². The summed E-state index contributed by atoms with van der Waals surface area (Å²) in [5.41, 5.74) is 3.20. The molecule has 3 aromatic rings. The first-order valence-electron chi connectivity index (χ1n) is 10.2.